The molecule has 5 rings (SSSR count). The fourth-order valence-corrected chi connectivity index (χ4v) is 4.37. The number of hydrogen-bond donors (Lipinski definition) is 0. The van der Waals surface area contributed by atoms with E-state index in [2.05, 4.69) is 0 Å². The Morgan fingerprint density at radius 2 is 1.79 bits per heavy atom. The summed E-state index contributed by atoms with van der Waals surface area (Å²) in [5.41, 5.74) is 2.64. The highest BCUT2D eigenvalue weighted by molar-refractivity contribution is 7.71. The Balaban J connectivity index is 1.59. The highest BCUT2D eigenvalue weighted by atomic mass is 35.5. The Kier molecular flexibility index (Phi) is 6.08. The molecule has 34 heavy (non-hydrogen) atoms. The fraction of sp³-hybridized carbons (Fsp3) is 0.160. The van der Waals surface area contributed by atoms with Crippen LogP contribution < -0.4 is 9.64 Å². The lowest BCUT2D eigenvalue weighted by Crippen LogP contribution is -2.45. The summed E-state index contributed by atoms with van der Waals surface area (Å²) in [7, 11) is 1.35. The lowest BCUT2D eigenvalue weighted by molar-refractivity contribution is -0.148. The first-order valence-electron chi connectivity index (χ1n) is 10.6. The van der Waals surface area contributed by atoms with Gasteiger partial charge in [-0.2, -0.15) is 0 Å². The molecular weight excluding hydrogens is 472 g/mol. The summed E-state index contributed by atoms with van der Waals surface area (Å²) in [6.07, 6.45) is -0.749. The molecule has 4 aromatic rings. The van der Waals surface area contributed by atoms with E-state index in [1.165, 1.54) is 7.11 Å². The van der Waals surface area contributed by atoms with Gasteiger partial charge in [0.15, 0.2) is 5.82 Å². The van der Waals surface area contributed by atoms with E-state index in [-0.39, 0.29) is 0 Å². The van der Waals surface area contributed by atoms with E-state index in [1.54, 1.807) is 4.68 Å². The zero-order valence-electron chi connectivity index (χ0n) is 18.3. The summed E-state index contributed by atoms with van der Waals surface area (Å²) in [6, 6.07) is 24.9. The lowest BCUT2D eigenvalue weighted by atomic mass is 10.2. The second-order valence-corrected chi connectivity index (χ2v) is 8.55. The van der Waals surface area contributed by atoms with E-state index in [4.69, 9.17) is 38.4 Å². The molecule has 0 N–H and O–H groups in total. The Morgan fingerprint density at radius 1 is 1.09 bits per heavy atom. The lowest BCUT2D eigenvalue weighted by Gasteiger charge is -2.34. The molecule has 1 aliphatic heterocycles. The van der Waals surface area contributed by atoms with Crippen molar-refractivity contribution in [1.82, 2.24) is 14.3 Å². The number of nitrogens with zero attached hydrogens (tertiary/aromatic N) is 4. The van der Waals surface area contributed by atoms with Crippen LogP contribution in [0, 0.1) is 4.77 Å². The van der Waals surface area contributed by atoms with Gasteiger partial charge in [0.1, 0.15) is 12.4 Å². The molecule has 0 fully saturated rings. The fourth-order valence-electron chi connectivity index (χ4n) is 3.95. The van der Waals surface area contributed by atoms with Crippen molar-refractivity contribution in [3.05, 3.63) is 88.7 Å². The molecule has 1 aliphatic rings. The Morgan fingerprint density at radius 3 is 2.53 bits per heavy atom. The van der Waals surface area contributed by atoms with Crippen molar-refractivity contribution in [2.45, 2.75) is 12.8 Å². The van der Waals surface area contributed by atoms with E-state index >= 15 is 0 Å². The number of methoxy groups -OCH3 is 1. The zero-order valence-corrected chi connectivity index (χ0v) is 19.9. The van der Waals surface area contributed by atoms with Crippen LogP contribution in [-0.4, -0.2) is 40.1 Å². The molecule has 0 saturated carbocycles. The maximum absolute atomic E-state index is 12.3. The molecule has 0 amide bonds. The van der Waals surface area contributed by atoms with Gasteiger partial charge in [-0.05, 0) is 60.7 Å². The predicted octanol–water partition coefficient (Wildman–Crippen LogP) is 5.12. The van der Waals surface area contributed by atoms with Crippen molar-refractivity contribution < 1.29 is 14.3 Å². The van der Waals surface area contributed by atoms with Gasteiger partial charge < -0.3 is 14.4 Å². The maximum atomic E-state index is 12.3. The van der Waals surface area contributed by atoms with E-state index in [1.807, 2.05) is 88.3 Å². The maximum Gasteiger partial charge on any atom is 0.348 e. The number of esters is 1. The van der Waals surface area contributed by atoms with Crippen LogP contribution in [0.2, 0.25) is 5.02 Å². The number of halogens is 1. The number of carbonyl (C=O) groups is 1. The summed E-state index contributed by atoms with van der Waals surface area (Å²) in [5.74, 6) is 0.870. The third-order valence-electron chi connectivity index (χ3n) is 5.59. The van der Waals surface area contributed by atoms with Crippen molar-refractivity contribution in [1.29, 1.82) is 0 Å². The Bertz CT molecular complexity index is 1390. The van der Waals surface area contributed by atoms with Crippen LogP contribution in [0.3, 0.4) is 0 Å². The number of anilines is 1. The second-order valence-electron chi connectivity index (χ2n) is 7.74. The number of rotatable bonds is 5. The highest BCUT2D eigenvalue weighted by Crippen LogP contribution is 2.34. The topological polar surface area (TPSA) is 61.5 Å². The average Bonchev–Trinajstić information content (AvgIpc) is 3.20. The largest absolute Gasteiger partial charge is 0.475 e. The number of hydrogen-bond acceptors (Lipinski definition) is 6. The third kappa shape index (κ3) is 4.18. The molecular formula is C25H21ClN4O3S. The highest BCUT2D eigenvalue weighted by Gasteiger charge is 2.32. The van der Waals surface area contributed by atoms with Crippen LogP contribution in [0.4, 0.5) is 5.69 Å². The van der Waals surface area contributed by atoms with E-state index in [9.17, 15) is 4.79 Å². The van der Waals surface area contributed by atoms with Gasteiger partial charge in [0.2, 0.25) is 10.9 Å². The minimum atomic E-state index is -0.749. The van der Waals surface area contributed by atoms with Crippen LogP contribution in [-0.2, 0) is 16.2 Å². The molecule has 172 valence electrons. The van der Waals surface area contributed by atoms with Crippen molar-refractivity contribution in [2.75, 3.05) is 18.6 Å². The summed E-state index contributed by atoms with van der Waals surface area (Å²) in [5, 5.41) is 5.52. The van der Waals surface area contributed by atoms with Crippen LogP contribution in [0.15, 0.2) is 78.9 Å². The first-order chi connectivity index (χ1) is 16.5. The molecule has 1 atom stereocenters. The van der Waals surface area contributed by atoms with Crippen molar-refractivity contribution in [3.8, 4) is 22.8 Å². The smallest absolute Gasteiger partial charge is 0.348 e. The van der Waals surface area contributed by atoms with Gasteiger partial charge in [0, 0.05) is 16.3 Å². The number of aromatic nitrogens is 3. The minimum absolute atomic E-state index is 0.305. The van der Waals surface area contributed by atoms with Gasteiger partial charge in [0.25, 0.3) is 0 Å². The number of ether oxygens (including phenoxy) is 2. The van der Waals surface area contributed by atoms with Gasteiger partial charge in [0.05, 0.1) is 19.3 Å². The first-order valence-corrected chi connectivity index (χ1v) is 11.4. The standard InChI is InChI=1S/C25H21ClN4O3S/c1-32-24(31)22-15-28(20-9-5-6-10-21(20)33-22)16-29-25(34)30(19-7-3-2-4-8-19)23(27-29)17-11-13-18(26)14-12-17/h2-14,22H,15-16H2,1H3/t22-/m1/s1. The molecule has 0 spiro atoms. The average molecular weight is 493 g/mol. The van der Waals surface area contributed by atoms with Gasteiger partial charge in [-0.15, -0.1) is 5.10 Å². The molecule has 7 nitrogen and oxygen atoms in total. The number of fused-ring (bicyclic) bond motifs is 1. The molecule has 0 radical (unpaired) electrons. The number of para-hydroxylation sites is 3. The summed E-state index contributed by atoms with van der Waals surface area (Å²) in [4.78, 5) is 14.3. The monoisotopic (exact) mass is 492 g/mol. The molecule has 9 heteroatoms. The number of carbonyl (C=O) groups excluding carboxylic acids is 1. The van der Waals surface area contributed by atoms with Crippen LogP contribution in [0.25, 0.3) is 17.1 Å². The third-order valence-corrected chi connectivity index (χ3v) is 6.23. The normalized spacial score (nSPS) is 14.9. The molecule has 0 aliphatic carbocycles. The van der Waals surface area contributed by atoms with Crippen LogP contribution in [0.5, 0.6) is 5.75 Å². The van der Waals surface area contributed by atoms with E-state index in [0.29, 0.717) is 34.6 Å². The van der Waals surface area contributed by atoms with Crippen LogP contribution in [0.1, 0.15) is 0 Å². The van der Waals surface area contributed by atoms with Gasteiger partial charge >= 0.3 is 5.97 Å². The van der Waals surface area contributed by atoms with E-state index < -0.39 is 12.1 Å². The molecule has 0 unspecified atom stereocenters. The van der Waals surface area contributed by atoms with Gasteiger partial charge in [-0.25, -0.2) is 9.48 Å². The molecule has 0 bridgehead atoms. The quantitative estimate of drug-likeness (QED) is 0.284. The summed E-state index contributed by atoms with van der Waals surface area (Å²) < 4.78 is 15.0. The van der Waals surface area contributed by atoms with Gasteiger partial charge in [-0.3, -0.25) is 4.57 Å². The van der Waals surface area contributed by atoms with Crippen molar-refractivity contribution in [3.63, 3.8) is 0 Å². The van der Waals surface area contributed by atoms with Gasteiger partial charge in [-0.1, -0.05) is 41.9 Å². The Labute approximate surface area is 206 Å². The summed E-state index contributed by atoms with van der Waals surface area (Å²) in [6.45, 7) is 0.632. The first kappa shape index (κ1) is 22.2. The second kappa shape index (κ2) is 9.32. The molecule has 2 heterocycles. The summed E-state index contributed by atoms with van der Waals surface area (Å²) >= 11 is 12.0. The van der Waals surface area contributed by atoms with Crippen molar-refractivity contribution in [2.24, 2.45) is 0 Å². The van der Waals surface area contributed by atoms with Crippen molar-refractivity contribution >= 4 is 35.5 Å². The molecule has 3 aromatic carbocycles. The van der Waals surface area contributed by atoms with E-state index in [0.717, 1.165) is 16.9 Å². The minimum Gasteiger partial charge on any atom is -0.475 e. The number of benzene rings is 3. The Hall–Kier alpha value is -3.62. The predicted molar refractivity (Wildman–Crippen MR) is 133 cm³/mol. The zero-order chi connectivity index (χ0) is 23.7. The SMILES string of the molecule is COC(=O)[C@H]1CN(Cn2nc(-c3ccc(Cl)cc3)n(-c3ccccc3)c2=S)c2ccccc2O1. The van der Waals surface area contributed by atoms with Crippen LogP contribution >= 0.6 is 23.8 Å². The molecule has 1 aromatic heterocycles. The molecule has 0 saturated heterocycles.